The highest BCUT2D eigenvalue weighted by molar-refractivity contribution is 7.86. The molecule has 0 spiro atoms. The van der Waals surface area contributed by atoms with E-state index in [0.29, 0.717) is 32.6 Å². The molecule has 3 rings (SSSR count). The van der Waals surface area contributed by atoms with Gasteiger partial charge in [-0.1, -0.05) is 29.8 Å². The minimum atomic E-state index is -3.74. The maximum atomic E-state index is 12.2. The first kappa shape index (κ1) is 25.7. The molecule has 2 heterocycles. The molecule has 0 N–H and O–H groups in total. The maximum absolute atomic E-state index is 12.2. The highest BCUT2D eigenvalue weighted by atomic mass is 32.2. The minimum absolute atomic E-state index is 0.0696. The van der Waals surface area contributed by atoms with E-state index in [0.717, 1.165) is 16.9 Å². The molecule has 1 aromatic heterocycles. The molecule has 1 fully saturated rings. The van der Waals surface area contributed by atoms with Gasteiger partial charge < -0.3 is 14.5 Å². The standard InChI is InChI=1S/C25H33N3O5S/c1-20-8-11-22(12-9-20)34(30,31)32-18-6-5-7-21-10-13-23(26-19-21)27-14-16-28(17-15-27)24(29)33-25(2,3)4/h5,7-13,19H,6,14-18H2,1-4H3. The molecule has 1 aromatic carbocycles. The van der Waals surface area contributed by atoms with E-state index in [1.165, 1.54) is 0 Å². The minimum Gasteiger partial charge on any atom is -0.444 e. The van der Waals surface area contributed by atoms with Gasteiger partial charge in [-0.3, -0.25) is 4.18 Å². The second-order valence-electron chi connectivity index (χ2n) is 9.18. The average molecular weight is 488 g/mol. The zero-order valence-electron chi connectivity index (χ0n) is 20.2. The Bertz CT molecular complexity index is 1080. The Kier molecular flexibility index (Phi) is 8.33. The summed E-state index contributed by atoms with van der Waals surface area (Å²) in [7, 11) is -3.74. The number of carbonyl (C=O) groups excluding carboxylic acids is 1. The summed E-state index contributed by atoms with van der Waals surface area (Å²) in [5, 5.41) is 0. The fourth-order valence-corrected chi connectivity index (χ4v) is 4.27. The molecule has 0 saturated carbocycles. The van der Waals surface area contributed by atoms with Crippen molar-refractivity contribution in [1.82, 2.24) is 9.88 Å². The van der Waals surface area contributed by atoms with E-state index in [4.69, 9.17) is 8.92 Å². The highest BCUT2D eigenvalue weighted by Gasteiger charge is 2.26. The van der Waals surface area contributed by atoms with Crippen LogP contribution in [0.3, 0.4) is 0 Å². The lowest BCUT2D eigenvalue weighted by atomic mass is 10.2. The van der Waals surface area contributed by atoms with Crippen molar-refractivity contribution in [2.24, 2.45) is 0 Å². The van der Waals surface area contributed by atoms with Crippen LogP contribution >= 0.6 is 0 Å². The number of ether oxygens (including phenoxy) is 1. The molecule has 2 aromatic rings. The van der Waals surface area contributed by atoms with Crippen LogP contribution < -0.4 is 4.90 Å². The topological polar surface area (TPSA) is 89.0 Å². The van der Waals surface area contributed by atoms with E-state index in [1.54, 1.807) is 35.4 Å². The van der Waals surface area contributed by atoms with Crippen molar-refractivity contribution in [3.8, 4) is 0 Å². The first-order valence-electron chi connectivity index (χ1n) is 11.4. The summed E-state index contributed by atoms with van der Waals surface area (Å²) in [5.41, 5.74) is 1.41. The second-order valence-corrected chi connectivity index (χ2v) is 10.8. The lowest BCUT2D eigenvalue weighted by molar-refractivity contribution is 0.0240. The number of pyridine rings is 1. The van der Waals surface area contributed by atoms with Crippen molar-refractivity contribution in [2.75, 3.05) is 37.7 Å². The zero-order chi connectivity index (χ0) is 24.8. The summed E-state index contributed by atoms with van der Waals surface area (Å²) in [4.78, 5) is 20.8. The Labute approximate surface area is 202 Å². The molecule has 0 radical (unpaired) electrons. The third kappa shape index (κ3) is 7.56. The van der Waals surface area contributed by atoms with Gasteiger partial charge in [0.25, 0.3) is 10.1 Å². The van der Waals surface area contributed by atoms with Gasteiger partial charge in [0.1, 0.15) is 11.4 Å². The van der Waals surface area contributed by atoms with Gasteiger partial charge in [-0.2, -0.15) is 8.42 Å². The molecule has 0 unspecified atom stereocenters. The molecule has 1 aliphatic rings. The predicted molar refractivity (Wildman–Crippen MR) is 132 cm³/mol. The normalized spacial score (nSPS) is 15.1. The molecule has 9 heteroatoms. The smallest absolute Gasteiger partial charge is 0.410 e. The highest BCUT2D eigenvalue weighted by Crippen LogP contribution is 2.17. The molecule has 1 aliphatic heterocycles. The number of hydrogen-bond acceptors (Lipinski definition) is 7. The molecule has 1 saturated heterocycles. The zero-order valence-corrected chi connectivity index (χ0v) is 21.0. The Morgan fingerprint density at radius 1 is 1.06 bits per heavy atom. The number of carbonyl (C=O) groups is 1. The van der Waals surface area contributed by atoms with Gasteiger partial charge in [-0.05, 0) is 63.9 Å². The van der Waals surface area contributed by atoms with E-state index in [1.807, 2.05) is 52.0 Å². The van der Waals surface area contributed by atoms with Crippen LogP contribution in [0.25, 0.3) is 6.08 Å². The van der Waals surface area contributed by atoms with E-state index in [-0.39, 0.29) is 17.6 Å². The Balaban J connectivity index is 1.43. The summed E-state index contributed by atoms with van der Waals surface area (Å²) >= 11 is 0. The summed E-state index contributed by atoms with van der Waals surface area (Å²) < 4.78 is 34.9. The summed E-state index contributed by atoms with van der Waals surface area (Å²) in [6, 6.07) is 10.5. The first-order valence-corrected chi connectivity index (χ1v) is 12.8. The molecular formula is C25H33N3O5S. The molecule has 8 nitrogen and oxygen atoms in total. The van der Waals surface area contributed by atoms with Gasteiger partial charge in [-0.15, -0.1) is 0 Å². The number of anilines is 1. The average Bonchev–Trinajstić information content (AvgIpc) is 2.78. The number of amides is 1. The van der Waals surface area contributed by atoms with E-state index in [2.05, 4.69) is 9.88 Å². The van der Waals surface area contributed by atoms with Crippen LogP contribution in [0.2, 0.25) is 0 Å². The summed E-state index contributed by atoms with van der Waals surface area (Å²) in [6.07, 6.45) is 5.70. The number of piperazine rings is 1. The lowest BCUT2D eigenvalue weighted by Gasteiger charge is -2.36. The number of benzene rings is 1. The van der Waals surface area contributed by atoms with Crippen molar-refractivity contribution in [1.29, 1.82) is 0 Å². The molecule has 0 atom stereocenters. The number of nitrogens with zero attached hydrogens (tertiary/aromatic N) is 3. The predicted octanol–water partition coefficient (Wildman–Crippen LogP) is 4.26. The van der Waals surface area contributed by atoms with Crippen LogP contribution in [0.1, 0.15) is 38.3 Å². The van der Waals surface area contributed by atoms with Crippen molar-refractivity contribution in [3.05, 3.63) is 59.8 Å². The maximum Gasteiger partial charge on any atom is 0.410 e. The van der Waals surface area contributed by atoms with Gasteiger partial charge >= 0.3 is 6.09 Å². The van der Waals surface area contributed by atoms with Crippen LogP contribution in [0.4, 0.5) is 10.6 Å². The largest absolute Gasteiger partial charge is 0.444 e. The molecule has 1 amide bonds. The monoisotopic (exact) mass is 487 g/mol. The van der Waals surface area contributed by atoms with Crippen molar-refractivity contribution in [2.45, 2.75) is 44.6 Å². The van der Waals surface area contributed by atoms with Crippen molar-refractivity contribution in [3.63, 3.8) is 0 Å². The fraction of sp³-hybridized carbons (Fsp3) is 0.440. The van der Waals surface area contributed by atoms with E-state index >= 15 is 0 Å². The number of rotatable bonds is 7. The fourth-order valence-electron chi connectivity index (χ4n) is 3.35. The van der Waals surface area contributed by atoms with Gasteiger partial charge in [0, 0.05) is 32.4 Å². The second kappa shape index (κ2) is 11.0. The molecule has 0 bridgehead atoms. The van der Waals surface area contributed by atoms with Gasteiger partial charge in [-0.25, -0.2) is 9.78 Å². The first-order chi connectivity index (χ1) is 16.0. The van der Waals surface area contributed by atoms with Crippen molar-refractivity contribution < 1.29 is 22.1 Å². The van der Waals surface area contributed by atoms with Gasteiger partial charge in [0.15, 0.2) is 0 Å². The Morgan fingerprint density at radius 2 is 1.74 bits per heavy atom. The molecule has 34 heavy (non-hydrogen) atoms. The van der Waals surface area contributed by atoms with E-state index in [9.17, 15) is 13.2 Å². The number of aryl methyl sites for hydroxylation is 1. The van der Waals surface area contributed by atoms with Gasteiger partial charge in [0.05, 0.1) is 11.5 Å². The van der Waals surface area contributed by atoms with Crippen LogP contribution in [0.15, 0.2) is 53.6 Å². The number of hydrogen-bond donors (Lipinski definition) is 0. The Morgan fingerprint density at radius 3 is 2.32 bits per heavy atom. The summed E-state index contributed by atoms with van der Waals surface area (Å²) in [5.74, 6) is 0.855. The molecular weight excluding hydrogens is 454 g/mol. The van der Waals surface area contributed by atoms with Crippen LogP contribution in [0.5, 0.6) is 0 Å². The SMILES string of the molecule is Cc1ccc(S(=O)(=O)OCCC=Cc2ccc(N3CCN(C(=O)OC(C)(C)C)CC3)nc2)cc1. The quantitative estimate of drug-likeness (QED) is 0.426. The third-order valence-corrected chi connectivity index (χ3v) is 6.50. The third-order valence-electron chi connectivity index (χ3n) is 5.17. The number of aromatic nitrogens is 1. The van der Waals surface area contributed by atoms with Crippen LogP contribution in [-0.2, 0) is 19.0 Å². The summed E-state index contributed by atoms with van der Waals surface area (Å²) in [6.45, 7) is 10.1. The Hall–Kier alpha value is -2.91. The lowest BCUT2D eigenvalue weighted by Crippen LogP contribution is -2.50. The molecule has 0 aliphatic carbocycles. The van der Waals surface area contributed by atoms with Gasteiger partial charge in [0.2, 0.25) is 0 Å². The van der Waals surface area contributed by atoms with Crippen molar-refractivity contribution >= 4 is 28.1 Å². The molecule has 184 valence electrons. The van der Waals surface area contributed by atoms with E-state index < -0.39 is 15.7 Å². The van der Waals surface area contributed by atoms with Crippen LogP contribution in [-0.4, -0.2) is 62.8 Å². The van der Waals surface area contributed by atoms with Crippen LogP contribution in [0, 0.1) is 6.92 Å².